The quantitative estimate of drug-likeness (QED) is 0.255. The minimum atomic E-state index is -1.33. The summed E-state index contributed by atoms with van der Waals surface area (Å²) in [6.07, 6.45) is -6.90. The Bertz CT molecular complexity index is 459. The molecule has 9 heteroatoms. The van der Waals surface area contributed by atoms with E-state index in [2.05, 4.69) is 0 Å². The first-order valence-corrected chi connectivity index (χ1v) is 7.18. The third-order valence-corrected chi connectivity index (χ3v) is 4.80. The van der Waals surface area contributed by atoms with Crippen LogP contribution in [0.1, 0.15) is 0 Å². The molecule has 22 heavy (non-hydrogen) atoms. The Morgan fingerprint density at radius 2 is 1.77 bits per heavy atom. The SMILES string of the molecule is OCC1=CC2C(OC3C(O)C(O)C(C(O)CO)N23)C(O)C1O. The molecule has 0 amide bonds. The molecule has 3 aliphatic rings. The van der Waals surface area contributed by atoms with Gasteiger partial charge in [0.05, 0.1) is 31.4 Å². The van der Waals surface area contributed by atoms with E-state index in [4.69, 9.17) is 9.84 Å². The van der Waals surface area contributed by atoms with Crippen molar-refractivity contribution in [3.05, 3.63) is 11.6 Å². The lowest BCUT2D eigenvalue weighted by Gasteiger charge is -2.37. The van der Waals surface area contributed by atoms with Gasteiger partial charge in [-0.3, -0.25) is 4.90 Å². The van der Waals surface area contributed by atoms with Gasteiger partial charge >= 0.3 is 0 Å². The lowest BCUT2D eigenvalue weighted by Crippen LogP contribution is -2.56. The Balaban J connectivity index is 1.97. The average Bonchev–Trinajstić information content (AvgIpc) is 2.99. The maximum absolute atomic E-state index is 10.1. The molecule has 2 aliphatic heterocycles. The van der Waals surface area contributed by atoms with Crippen LogP contribution in [0.25, 0.3) is 0 Å². The molecule has 0 aromatic rings. The smallest absolute Gasteiger partial charge is 0.141 e. The van der Waals surface area contributed by atoms with Gasteiger partial charge in [0.15, 0.2) is 0 Å². The molecule has 2 fully saturated rings. The van der Waals surface area contributed by atoms with Crippen LogP contribution >= 0.6 is 0 Å². The van der Waals surface area contributed by atoms with Crippen molar-refractivity contribution >= 4 is 0 Å². The van der Waals surface area contributed by atoms with Crippen molar-refractivity contribution in [1.29, 1.82) is 0 Å². The van der Waals surface area contributed by atoms with Crippen LogP contribution in [-0.2, 0) is 4.74 Å². The molecule has 0 aromatic heterocycles. The summed E-state index contributed by atoms with van der Waals surface area (Å²) < 4.78 is 5.56. The summed E-state index contributed by atoms with van der Waals surface area (Å²) in [4.78, 5) is 1.48. The van der Waals surface area contributed by atoms with E-state index in [0.29, 0.717) is 0 Å². The zero-order chi connectivity index (χ0) is 16.2. The highest BCUT2D eigenvalue weighted by atomic mass is 16.6. The number of aliphatic hydroxyl groups is 7. The van der Waals surface area contributed by atoms with Gasteiger partial charge < -0.3 is 40.5 Å². The number of nitrogens with zero attached hydrogens (tertiary/aromatic N) is 1. The maximum Gasteiger partial charge on any atom is 0.141 e. The molecule has 126 valence electrons. The molecular formula is C13H21NO8. The van der Waals surface area contributed by atoms with E-state index in [1.165, 1.54) is 11.0 Å². The summed E-state index contributed by atoms with van der Waals surface area (Å²) in [6, 6.07) is -1.64. The monoisotopic (exact) mass is 319 g/mol. The van der Waals surface area contributed by atoms with Crippen molar-refractivity contribution in [2.24, 2.45) is 0 Å². The molecule has 3 rings (SSSR count). The lowest BCUT2D eigenvalue weighted by molar-refractivity contribution is -0.118. The van der Waals surface area contributed by atoms with Gasteiger partial charge in [0.2, 0.25) is 0 Å². The summed E-state index contributed by atoms with van der Waals surface area (Å²) in [5.41, 5.74) is 0.200. The van der Waals surface area contributed by atoms with Crippen LogP contribution in [0.5, 0.6) is 0 Å². The molecular weight excluding hydrogens is 298 g/mol. The molecule has 0 aromatic carbocycles. The van der Waals surface area contributed by atoms with Crippen molar-refractivity contribution in [3.8, 4) is 0 Å². The number of aliphatic hydroxyl groups excluding tert-OH is 7. The van der Waals surface area contributed by atoms with Gasteiger partial charge in [-0.05, 0) is 5.57 Å². The number of rotatable bonds is 3. The number of hydrogen-bond donors (Lipinski definition) is 7. The molecule has 9 atom stereocenters. The molecule has 1 aliphatic carbocycles. The first-order valence-electron chi connectivity index (χ1n) is 7.18. The van der Waals surface area contributed by atoms with Crippen LogP contribution < -0.4 is 0 Å². The molecule has 0 saturated carbocycles. The zero-order valence-corrected chi connectivity index (χ0v) is 11.7. The van der Waals surface area contributed by atoms with Gasteiger partial charge in [-0.1, -0.05) is 6.08 Å². The fraction of sp³-hybridized carbons (Fsp3) is 0.846. The highest BCUT2D eigenvalue weighted by Crippen LogP contribution is 2.42. The van der Waals surface area contributed by atoms with E-state index >= 15 is 0 Å². The molecule has 2 heterocycles. The topological polar surface area (TPSA) is 154 Å². The Morgan fingerprint density at radius 1 is 1.09 bits per heavy atom. The normalized spacial score (nSPS) is 49.7. The lowest BCUT2D eigenvalue weighted by atomic mass is 9.87. The predicted molar refractivity (Wildman–Crippen MR) is 70.4 cm³/mol. The Hall–Kier alpha value is -0.620. The fourth-order valence-corrected chi connectivity index (χ4v) is 3.68. The summed E-state index contributed by atoms with van der Waals surface area (Å²) >= 11 is 0. The van der Waals surface area contributed by atoms with Crippen molar-refractivity contribution in [2.75, 3.05) is 13.2 Å². The van der Waals surface area contributed by atoms with Gasteiger partial charge in [-0.2, -0.15) is 0 Å². The molecule has 7 N–H and O–H groups in total. The third-order valence-electron chi connectivity index (χ3n) is 4.80. The standard InChI is InChI=1S/C13H21NO8/c15-2-4-1-5-12(10(20)8(4)18)22-13-11(21)9(19)7(14(5)13)6(17)3-16/h1,5-13,15-21H,2-3H2. The van der Waals surface area contributed by atoms with Gasteiger partial charge in [0.1, 0.15) is 36.7 Å². The summed E-state index contributed by atoms with van der Waals surface area (Å²) in [5.74, 6) is 0. The van der Waals surface area contributed by atoms with E-state index in [1.807, 2.05) is 0 Å². The predicted octanol–water partition coefficient (Wildman–Crippen LogP) is -4.51. The van der Waals surface area contributed by atoms with Crippen LogP contribution in [-0.4, -0.2) is 109 Å². The van der Waals surface area contributed by atoms with E-state index in [9.17, 15) is 30.6 Å². The van der Waals surface area contributed by atoms with E-state index in [-0.39, 0.29) is 5.57 Å². The van der Waals surface area contributed by atoms with Gasteiger partial charge in [-0.15, -0.1) is 0 Å². The fourth-order valence-electron chi connectivity index (χ4n) is 3.68. The van der Waals surface area contributed by atoms with Crippen LogP contribution in [0.15, 0.2) is 11.6 Å². The van der Waals surface area contributed by atoms with Crippen LogP contribution in [0, 0.1) is 0 Å². The first-order chi connectivity index (χ1) is 10.4. The van der Waals surface area contributed by atoms with Gasteiger partial charge in [0.25, 0.3) is 0 Å². The van der Waals surface area contributed by atoms with E-state index in [0.717, 1.165) is 0 Å². The Labute approximate surface area is 126 Å². The summed E-state index contributed by atoms with van der Waals surface area (Å²) in [5, 5.41) is 68.5. The number of hydrogen-bond acceptors (Lipinski definition) is 9. The zero-order valence-electron chi connectivity index (χ0n) is 11.7. The highest BCUT2D eigenvalue weighted by Gasteiger charge is 2.61. The second kappa shape index (κ2) is 5.78. The molecule has 9 nitrogen and oxygen atoms in total. The van der Waals surface area contributed by atoms with Crippen molar-refractivity contribution in [1.82, 2.24) is 4.90 Å². The van der Waals surface area contributed by atoms with Crippen LogP contribution in [0.4, 0.5) is 0 Å². The molecule has 2 saturated heterocycles. The molecule has 0 spiro atoms. The van der Waals surface area contributed by atoms with Gasteiger partial charge in [-0.25, -0.2) is 0 Å². The Morgan fingerprint density at radius 3 is 2.36 bits per heavy atom. The van der Waals surface area contributed by atoms with E-state index < -0.39 is 68.1 Å². The van der Waals surface area contributed by atoms with Crippen molar-refractivity contribution in [3.63, 3.8) is 0 Å². The minimum Gasteiger partial charge on any atom is -0.394 e. The minimum absolute atomic E-state index is 0.200. The maximum atomic E-state index is 10.1. The Kier molecular flexibility index (Phi) is 4.27. The van der Waals surface area contributed by atoms with Gasteiger partial charge in [0, 0.05) is 0 Å². The molecule has 9 unspecified atom stereocenters. The molecule has 0 bridgehead atoms. The second-order valence-corrected chi connectivity index (χ2v) is 5.99. The van der Waals surface area contributed by atoms with Crippen LogP contribution in [0.3, 0.4) is 0 Å². The second-order valence-electron chi connectivity index (χ2n) is 5.99. The molecule has 0 radical (unpaired) electrons. The first kappa shape index (κ1) is 16.2. The van der Waals surface area contributed by atoms with Crippen molar-refractivity contribution < 1.29 is 40.5 Å². The van der Waals surface area contributed by atoms with E-state index in [1.54, 1.807) is 0 Å². The van der Waals surface area contributed by atoms with Crippen LogP contribution in [0.2, 0.25) is 0 Å². The number of ether oxygens (including phenoxy) is 1. The summed E-state index contributed by atoms with van der Waals surface area (Å²) in [6.45, 7) is -1.07. The number of fused-ring (bicyclic) bond motifs is 3. The van der Waals surface area contributed by atoms with Crippen molar-refractivity contribution in [2.45, 2.75) is 54.9 Å². The summed E-state index contributed by atoms with van der Waals surface area (Å²) in [7, 11) is 0. The highest BCUT2D eigenvalue weighted by molar-refractivity contribution is 5.26. The third kappa shape index (κ3) is 2.13. The largest absolute Gasteiger partial charge is 0.394 e. The average molecular weight is 319 g/mol.